The largest absolute Gasteiger partial charge is 0.353 e. The lowest BCUT2D eigenvalue weighted by Crippen LogP contribution is -2.19. The third-order valence-corrected chi connectivity index (χ3v) is 2.25. The van der Waals surface area contributed by atoms with E-state index in [-0.39, 0.29) is 11.0 Å². The summed E-state index contributed by atoms with van der Waals surface area (Å²) in [6, 6.07) is 9.23. The highest BCUT2D eigenvalue weighted by atomic mass is 16.7. The zero-order valence-corrected chi connectivity index (χ0v) is 7.14. The Morgan fingerprint density at radius 3 is 2.54 bits per heavy atom. The number of hydrogen-bond donors (Lipinski definition) is 0. The van der Waals surface area contributed by atoms with Crippen LogP contribution in [0.1, 0.15) is 18.6 Å². The minimum Gasteiger partial charge on any atom is -0.294 e. The van der Waals surface area contributed by atoms with Crippen molar-refractivity contribution in [1.29, 1.82) is 0 Å². The molecule has 0 amide bonds. The Bertz CT molecular complexity index is 338. The van der Waals surface area contributed by atoms with E-state index < -0.39 is 5.72 Å². The first kappa shape index (κ1) is 8.19. The summed E-state index contributed by atoms with van der Waals surface area (Å²) in [6.45, 7) is 1.49. The van der Waals surface area contributed by atoms with Crippen LogP contribution in [0, 0.1) is 10.1 Å². The highest BCUT2D eigenvalue weighted by molar-refractivity contribution is 5.23. The van der Waals surface area contributed by atoms with Crippen molar-refractivity contribution in [3.63, 3.8) is 0 Å². The quantitative estimate of drug-likeness (QED) is 0.395. The lowest BCUT2D eigenvalue weighted by Gasteiger charge is -1.96. The minimum absolute atomic E-state index is 0.384. The van der Waals surface area contributed by atoms with Crippen LogP contribution in [0.4, 0.5) is 0 Å². The minimum atomic E-state index is -1.21. The lowest BCUT2D eigenvalue weighted by molar-refractivity contribution is -0.558. The second kappa shape index (κ2) is 2.53. The fourth-order valence-corrected chi connectivity index (χ4v) is 1.35. The molecule has 0 bridgehead atoms. The molecule has 0 saturated carbocycles. The first-order valence-electron chi connectivity index (χ1n) is 4.02. The molecule has 0 aromatic heterocycles. The van der Waals surface area contributed by atoms with E-state index in [1.165, 1.54) is 6.92 Å². The fourth-order valence-electron chi connectivity index (χ4n) is 1.35. The van der Waals surface area contributed by atoms with E-state index in [9.17, 15) is 10.1 Å². The predicted octanol–water partition coefficient (Wildman–Crippen LogP) is 1.75. The van der Waals surface area contributed by atoms with Gasteiger partial charge in [0, 0.05) is 6.92 Å². The molecular formula is C9H9NO3. The van der Waals surface area contributed by atoms with Gasteiger partial charge in [0.05, 0.1) is 4.92 Å². The summed E-state index contributed by atoms with van der Waals surface area (Å²) >= 11 is 0. The van der Waals surface area contributed by atoms with Crippen LogP contribution in [-0.4, -0.2) is 10.6 Å². The zero-order chi connectivity index (χ0) is 9.47. The van der Waals surface area contributed by atoms with Gasteiger partial charge in [0.1, 0.15) is 0 Å². The van der Waals surface area contributed by atoms with E-state index in [2.05, 4.69) is 0 Å². The van der Waals surface area contributed by atoms with E-state index in [0.717, 1.165) is 5.56 Å². The van der Waals surface area contributed by atoms with Crippen LogP contribution in [0.15, 0.2) is 30.3 Å². The number of nitrogens with zero attached hydrogens (tertiary/aromatic N) is 1. The van der Waals surface area contributed by atoms with Crippen LogP contribution in [0.3, 0.4) is 0 Å². The molecule has 4 nitrogen and oxygen atoms in total. The van der Waals surface area contributed by atoms with Gasteiger partial charge in [-0.15, -0.1) is 0 Å². The third-order valence-electron chi connectivity index (χ3n) is 2.25. The number of benzene rings is 1. The van der Waals surface area contributed by atoms with Crippen molar-refractivity contribution >= 4 is 0 Å². The van der Waals surface area contributed by atoms with Crippen molar-refractivity contribution < 1.29 is 9.66 Å². The number of hydrogen-bond acceptors (Lipinski definition) is 3. The normalized spacial score (nSPS) is 31.3. The average molecular weight is 179 g/mol. The van der Waals surface area contributed by atoms with Crippen molar-refractivity contribution in [2.45, 2.75) is 18.8 Å². The Balaban J connectivity index is 2.21. The maximum Gasteiger partial charge on any atom is 0.353 e. The van der Waals surface area contributed by atoms with Crippen molar-refractivity contribution in [2.75, 3.05) is 0 Å². The molecule has 0 radical (unpaired) electrons. The van der Waals surface area contributed by atoms with Crippen LogP contribution in [0.2, 0.25) is 0 Å². The second-order valence-electron chi connectivity index (χ2n) is 3.22. The Labute approximate surface area is 75.3 Å². The maximum atomic E-state index is 10.5. The van der Waals surface area contributed by atoms with Gasteiger partial charge in [-0.2, -0.15) is 0 Å². The third kappa shape index (κ3) is 1.19. The molecule has 2 rings (SSSR count). The molecule has 4 heteroatoms. The van der Waals surface area contributed by atoms with Crippen molar-refractivity contribution in [3.05, 3.63) is 46.0 Å². The Kier molecular flexibility index (Phi) is 1.60. The highest BCUT2D eigenvalue weighted by Crippen LogP contribution is 2.49. The van der Waals surface area contributed by atoms with Crippen LogP contribution >= 0.6 is 0 Å². The van der Waals surface area contributed by atoms with Crippen molar-refractivity contribution in [2.24, 2.45) is 0 Å². The summed E-state index contributed by atoms with van der Waals surface area (Å²) < 4.78 is 5.05. The number of nitro groups is 1. The molecule has 0 unspecified atom stereocenters. The molecule has 68 valence electrons. The molecule has 1 aromatic carbocycles. The molecule has 0 spiro atoms. The Hall–Kier alpha value is -1.42. The summed E-state index contributed by atoms with van der Waals surface area (Å²) in [7, 11) is 0. The van der Waals surface area contributed by atoms with Crippen molar-refractivity contribution in [3.8, 4) is 0 Å². The first-order valence-corrected chi connectivity index (χ1v) is 4.02. The molecule has 1 fully saturated rings. The zero-order valence-electron chi connectivity index (χ0n) is 7.14. The predicted molar refractivity (Wildman–Crippen MR) is 45.7 cm³/mol. The maximum absolute atomic E-state index is 10.5. The molecule has 0 aliphatic carbocycles. The van der Waals surface area contributed by atoms with Crippen LogP contribution in [0.25, 0.3) is 0 Å². The topological polar surface area (TPSA) is 55.7 Å². The molecule has 1 heterocycles. The van der Waals surface area contributed by atoms with Crippen LogP contribution in [0.5, 0.6) is 0 Å². The van der Waals surface area contributed by atoms with Gasteiger partial charge in [0.15, 0.2) is 6.10 Å². The van der Waals surface area contributed by atoms with Crippen LogP contribution in [-0.2, 0) is 4.74 Å². The van der Waals surface area contributed by atoms with Gasteiger partial charge in [-0.3, -0.25) is 14.9 Å². The SMILES string of the molecule is C[C@@]1([N+](=O)[O-])O[C@H]1c1ccccc1. The van der Waals surface area contributed by atoms with Gasteiger partial charge in [0.25, 0.3) is 0 Å². The summed E-state index contributed by atoms with van der Waals surface area (Å²) in [5.41, 5.74) is -0.344. The number of ether oxygens (including phenoxy) is 1. The first-order chi connectivity index (χ1) is 6.14. The van der Waals surface area contributed by atoms with Crippen LogP contribution < -0.4 is 0 Å². The summed E-state index contributed by atoms with van der Waals surface area (Å²) in [5, 5.41) is 10.5. The lowest BCUT2D eigenvalue weighted by atomic mass is 10.1. The van der Waals surface area contributed by atoms with E-state index >= 15 is 0 Å². The van der Waals surface area contributed by atoms with Gasteiger partial charge >= 0.3 is 5.72 Å². The monoisotopic (exact) mass is 179 g/mol. The van der Waals surface area contributed by atoms with Gasteiger partial charge in [0.2, 0.25) is 0 Å². The molecule has 1 saturated heterocycles. The van der Waals surface area contributed by atoms with E-state index in [4.69, 9.17) is 4.74 Å². The van der Waals surface area contributed by atoms with E-state index in [1.807, 2.05) is 30.3 Å². The fraction of sp³-hybridized carbons (Fsp3) is 0.333. The van der Waals surface area contributed by atoms with E-state index in [1.54, 1.807) is 0 Å². The number of epoxide rings is 1. The van der Waals surface area contributed by atoms with Gasteiger partial charge in [-0.25, -0.2) is 0 Å². The Morgan fingerprint density at radius 2 is 2.08 bits per heavy atom. The van der Waals surface area contributed by atoms with Gasteiger partial charge in [-0.05, 0) is 5.56 Å². The molecule has 1 aliphatic rings. The second-order valence-corrected chi connectivity index (χ2v) is 3.22. The van der Waals surface area contributed by atoms with E-state index in [0.29, 0.717) is 0 Å². The molecule has 1 aromatic rings. The van der Waals surface area contributed by atoms with Crippen molar-refractivity contribution in [1.82, 2.24) is 0 Å². The summed E-state index contributed by atoms with van der Waals surface area (Å²) in [4.78, 5) is 10.2. The number of rotatable bonds is 2. The molecule has 1 aliphatic heterocycles. The molecule has 0 N–H and O–H groups in total. The summed E-state index contributed by atoms with van der Waals surface area (Å²) in [6.07, 6.45) is -0.385. The molecule has 2 atom stereocenters. The molecular weight excluding hydrogens is 170 g/mol. The van der Waals surface area contributed by atoms with Gasteiger partial charge < -0.3 is 0 Å². The average Bonchev–Trinajstić information content (AvgIpc) is 2.81. The molecule has 13 heavy (non-hydrogen) atoms. The summed E-state index contributed by atoms with van der Waals surface area (Å²) in [5.74, 6) is 0. The highest BCUT2D eigenvalue weighted by Gasteiger charge is 2.65. The van der Waals surface area contributed by atoms with Gasteiger partial charge in [-0.1, -0.05) is 30.3 Å². The smallest absolute Gasteiger partial charge is 0.294 e. The Morgan fingerprint density at radius 1 is 1.46 bits per heavy atom. The standard InChI is InChI=1S/C9H9NO3/c1-9(10(11)12)8(13-9)7-5-3-2-4-6-7/h2-6,8H,1H3/t8-,9+/m0/s1.